The van der Waals surface area contributed by atoms with Crippen molar-refractivity contribution in [3.63, 3.8) is 0 Å². The molecular formula is C14H20N2O3. The summed E-state index contributed by atoms with van der Waals surface area (Å²) in [6, 6.07) is 6.54. The first-order valence-corrected chi connectivity index (χ1v) is 6.07. The van der Waals surface area contributed by atoms with Crippen LogP contribution in [0.2, 0.25) is 0 Å². The first kappa shape index (κ1) is 15.2. The number of rotatable bonds is 5. The first-order valence-electron chi connectivity index (χ1n) is 6.07. The Morgan fingerprint density at radius 3 is 2.32 bits per heavy atom. The Bertz CT molecular complexity index is 472. The molecule has 104 valence electrons. The van der Waals surface area contributed by atoms with Crippen LogP contribution in [0.4, 0.5) is 0 Å². The van der Waals surface area contributed by atoms with E-state index in [2.05, 4.69) is 0 Å². The zero-order valence-electron chi connectivity index (χ0n) is 11.8. The van der Waals surface area contributed by atoms with Crippen molar-refractivity contribution in [1.82, 2.24) is 9.80 Å². The first-order chi connectivity index (χ1) is 8.84. The van der Waals surface area contributed by atoms with Gasteiger partial charge in [0.25, 0.3) is 0 Å². The third kappa shape index (κ3) is 3.79. The van der Waals surface area contributed by atoms with E-state index in [1.807, 2.05) is 18.9 Å². The summed E-state index contributed by atoms with van der Waals surface area (Å²) in [5.74, 6) is -0.953. The maximum atomic E-state index is 11.9. The molecule has 0 bridgehead atoms. The highest BCUT2D eigenvalue weighted by Crippen LogP contribution is 2.13. The molecule has 0 aromatic heterocycles. The number of carboxylic acids is 1. The van der Waals surface area contributed by atoms with Gasteiger partial charge in [0.2, 0.25) is 5.91 Å². The van der Waals surface area contributed by atoms with Crippen LogP contribution >= 0.6 is 0 Å². The molecule has 1 aromatic rings. The van der Waals surface area contributed by atoms with Crippen LogP contribution in [-0.4, -0.2) is 54.0 Å². The number of hydrogen-bond acceptors (Lipinski definition) is 3. The summed E-state index contributed by atoms with van der Waals surface area (Å²) < 4.78 is 0. The molecule has 1 unspecified atom stereocenters. The van der Waals surface area contributed by atoms with Crippen molar-refractivity contribution in [2.75, 3.05) is 21.1 Å². The van der Waals surface area contributed by atoms with Gasteiger partial charge >= 0.3 is 5.97 Å². The molecule has 0 fully saturated rings. The van der Waals surface area contributed by atoms with Gasteiger partial charge in [-0.1, -0.05) is 18.2 Å². The largest absolute Gasteiger partial charge is 0.478 e. The average Bonchev–Trinajstić information content (AvgIpc) is 2.37. The molecule has 1 N–H and O–H groups in total. The maximum Gasteiger partial charge on any atom is 0.336 e. The fraction of sp³-hybridized carbons (Fsp3) is 0.429. The van der Waals surface area contributed by atoms with Gasteiger partial charge < -0.3 is 10.0 Å². The van der Waals surface area contributed by atoms with Gasteiger partial charge in [-0.05, 0) is 25.6 Å². The molecule has 0 radical (unpaired) electrons. The van der Waals surface area contributed by atoms with Crippen LogP contribution in [0.3, 0.4) is 0 Å². The van der Waals surface area contributed by atoms with E-state index in [-0.39, 0.29) is 17.5 Å². The van der Waals surface area contributed by atoms with E-state index in [9.17, 15) is 9.59 Å². The Hall–Kier alpha value is -1.88. The summed E-state index contributed by atoms with van der Waals surface area (Å²) in [6.45, 7) is 2.23. The van der Waals surface area contributed by atoms with Gasteiger partial charge in [-0.3, -0.25) is 9.69 Å². The van der Waals surface area contributed by atoms with E-state index in [1.165, 1.54) is 4.90 Å². The normalized spacial score (nSPS) is 12.3. The summed E-state index contributed by atoms with van der Waals surface area (Å²) >= 11 is 0. The monoisotopic (exact) mass is 264 g/mol. The topological polar surface area (TPSA) is 60.9 Å². The Kier molecular flexibility index (Phi) is 5.06. The van der Waals surface area contributed by atoms with Crippen LogP contribution in [0.5, 0.6) is 0 Å². The SMILES string of the molecule is CC(C(=O)N(C)C)N(C)Cc1ccccc1C(=O)O. The Balaban J connectivity index is 2.85. The lowest BCUT2D eigenvalue weighted by Gasteiger charge is -2.26. The number of aromatic carboxylic acids is 1. The lowest BCUT2D eigenvalue weighted by atomic mass is 10.1. The van der Waals surface area contributed by atoms with Crippen LogP contribution in [0.25, 0.3) is 0 Å². The third-order valence-corrected chi connectivity index (χ3v) is 3.13. The number of likely N-dealkylation sites (N-methyl/N-ethyl adjacent to an activating group) is 2. The minimum atomic E-state index is -0.949. The fourth-order valence-corrected chi connectivity index (χ4v) is 1.83. The molecule has 5 heteroatoms. The van der Waals surface area contributed by atoms with Crippen LogP contribution in [0.1, 0.15) is 22.8 Å². The average molecular weight is 264 g/mol. The minimum Gasteiger partial charge on any atom is -0.478 e. The number of benzene rings is 1. The Labute approximate surface area is 113 Å². The number of amides is 1. The van der Waals surface area contributed by atoms with E-state index in [4.69, 9.17) is 5.11 Å². The summed E-state index contributed by atoms with van der Waals surface area (Å²) in [5, 5.41) is 9.12. The second-order valence-corrected chi connectivity index (χ2v) is 4.79. The second kappa shape index (κ2) is 6.33. The van der Waals surface area contributed by atoms with E-state index >= 15 is 0 Å². The third-order valence-electron chi connectivity index (χ3n) is 3.13. The lowest BCUT2D eigenvalue weighted by Crippen LogP contribution is -2.42. The van der Waals surface area contributed by atoms with Crippen molar-refractivity contribution in [3.05, 3.63) is 35.4 Å². The molecule has 1 amide bonds. The van der Waals surface area contributed by atoms with Crippen molar-refractivity contribution in [2.24, 2.45) is 0 Å². The molecule has 1 atom stereocenters. The lowest BCUT2D eigenvalue weighted by molar-refractivity contribution is -0.133. The predicted molar refractivity (Wildman–Crippen MR) is 73.0 cm³/mol. The van der Waals surface area contributed by atoms with Gasteiger partial charge in [-0.25, -0.2) is 4.79 Å². The smallest absolute Gasteiger partial charge is 0.336 e. The van der Waals surface area contributed by atoms with Gasteiger partial charge in [-0.15, -0.1) is 0 Å². The standard InChI is InChI=1S/C14H20N2O3/c1-10(13(17)15(2)3)16(4)9-11-7-5-6-8-12(11)14(18)19/h5-8,10H,9H2,1-4H3,(H,18,19). The molecule has 5 nitrogen and oxygen atoms in total. The number of carbonyl (C=O) groups is 2. The van der Waals surface area contributed by atoms with Gasteiger partial charge in [0.15, 0.2) is 0 Å². The van der Waals surface area contributed by atoms with Crippen molar-refractivity contribution >= 4 is 11.9 Å². The highest BCUT2D eigenvalue weighted by Gasteiger charge is 2.21. The van der Waals surface area contributed by atoms with Crippen molar-refractivity contribution in [3.8, 4) is 0 Å². The molecule has 0 saturated carbocycles. The molecule has 0 aliphatic heterocycles. The molecule has 0 saturated heterocycles. The van der Waals surface area contributed by atoms with Crippen molar-refractivity contribution in [1.29, 1.82) is 0 Å². The summed E-state index contributed by atoms with van der Waals surface area (Å²) in [4.78, 5) is 26.4. The van der Waals surface area contributed by atoms with Gasteiger partial charge in [0.05, 0.1) is 11.6 Å². The zero-order valence-corrected chi connectivity index (χ0v) is 11.8. The number of carboxylic acid groups (broad SMARTS) is 1. The minimum absolute atomic E-state index is 0.00435. The van der Waals surface area contributed by atoms with E-state index in [0.29, 0.717) is 12.1 Å². The van der Waals surface area contributed by atoms with Crippen LogP contribution in [-0.2, 0) is 11.3 Å². The van der Waals surface area contributed by atoms with Crippen LogP contribution in [0, 0.1) is 0 Å². The second-order valence-electron chi connectivity index (χ2n) is 4.79. The zero-order chi connectivity index (χ0) is 14.6. The number of carbonyl (C=O) groups excluding carboxylic acids is 1. The Morgan fingerprint density at radius 1 is 1.21 bits per heavy atom. The van der Waals surface area contributed by atoms with Crippen molar-refractivity contribution in [2.45, 2.75) is 19.5 Å². The molecule has 0 aliphatic carbocycles. The molecule has 0 spiro atoms. The quantitative estimate of drug-likeness (QED) is 0.870. The van der Waals surface area contributed by atoms with E-state index in [1.54, 1.807) is 38.4 Å². The fourth-order valence-electron chi connectivity index (χ4n) is 1.83. The van der Waals surface area contributed by atoms with Gasteiger partial charge in [-0.2, -0.15) is 0 Å². The molecule has 0 heterocycles. The number of nitrogens with zero attached hydrogens (tertiary/aromatic N) is 2. The summed E-state index contributed by atoms with van der Waals surface area (Å²) in [5.41, 5.74) is 0.981. The van der Waals surface area contributed by atoms with Crippen LogP contribution in [0.15, 0.2) is 24.3 Å². The summed E-state index contributed by atoms with van der Waals surface area (Å²) in [6.07, 6.45) is 0. The summed E-state index contributed by atoms with van der Waals surface area (Å²) in [7, 11) is 5.22. The molecular weight excluding hydrogens is 244 g/mol. The van der Waals surface area contributed by atoms with Crippen molar-refractivity contribution < 1.29 is 14.7 Å². The molecule has 19 heavy (non-hydrogen) atoms. The molecule has 1 rings (SSSR count). The molecule has 0 aliphatic rings. The van der Waals surface area contributed by atoms with Gasteiger partial charge in [0.1, 0.15) is 0 Å². The van der Waals surface area contributed by atoms with E-state index < -0.39 is 5.97 Å². The number of hydrogen-bond donors (Lipinski definition) is 1. The highest BCUT2D eigenvalue weighted by molar-refractivity contribution is 5.89. The predicted octanol–water partition coefficient (Wildman–Crippen LogP) is 1.29. The van der Waals surface area contributed by atoms with E-state index in [0.717, 1.165) is 0 Å². The molecule has 1 aromatic carbocycles. The van der Waals surface area contributed by atoms with Gasteiger partial charge in [0, 0.05) is 20.6 Å². The maximum absolute atomic E-state index is 11.9. The highest BCUT2D eigenvalue weighted by atomic mass is 16.4. The Morgan fingerprint density at radius 2 is 1.79 bits per heavy atom. The van der Waals surface area contributed by atoms with Crippen LogP contribution < -0.4 is 0 Å².